The first kappa shape index (κ1) is 36.8. The summed E-state index contributed by atoms with van der Waals surface area (Å²) in [4.78, 5) is 43.9. The lowest BCUT2D eigenvalue weighted by Gasteiger charge is -2.41. The molecule has 0 spiro atoms. The molecule has 2 amide bonds. The second-order valence-electron chi connectivity index (χ2n) is 13.3. The van der Waals surface area contributed by atoms with E-state index in [1.165, 1.54) is 12.3 Å². The van der Waals surface area contributed by atoms with Gasteiger partial charge in [-0.2, -0.15) is 0 Å². The molecule has 0 saturated heterocycles. The molecule has 256 valence electrons. The number of amides is 2. The van der Waals surface area contributed by atoms with E-state index < -0.39 is 32.6 Å². The maximum absolute atomic E-state index is 13.3. The summed E-state index contributed by atoms with van der Waals surface area (Å²) in [6.45, 7) is 11.0. The standard InChI is InChI=1S/C39H45N3O6Si/c1-39(2,3)49(4,5)48-36(32-19-13-8-14-20-32)34(41-37(44)47-28-30-17-11-7-12-18-30)23-22-33(43)25-31-21-24-35(40-26-31)42(38(45)46)27-29-15-9-6-10-16-29/h6-24,26,34,36H,25,27-28H2,1-5H3,(H,41,44)(H,45,46)/b23-22+/t34-,36-/m1/s1. The van der Waals surface area contributed by atoms with Gasteiger partial charge < -0.3 is 19.6 Å². The smallest absolute Gasteiger partial charge is 0.413 e. The number of hydrogen-bond acceptors (Lipinski definition) is 6. The van der Waals surface area contributed by atoms with Gasteiger partial charge in [-0.25, -0.2) is 14.6 Å². The molecule has 1 aromatic heterocycles. The minimum absolute atomic E-state index is 0.0276. The average molecular weight is 680 g/mol. The van der Waals surface area contributed by atoms with Crippen LogP contribution < -0.4 is 10.2 Å². The summed E-state index contributed by atoms with van der Waals surface area (Å²) < 4.78 is 12.5. The molecule has 3 aromatic carbocycles. The molecule has 2 atom stereocenters. The number of alkyl carbamates (subject to hydrolysis) is 1. The van der Waals surface area contributed by atoms with Gasteiger partial charge in [0.15, 0.2) is 14.1 Å². The number of nitrogens with one attached hydrogen (secondary N) is 1. The molecule has 49 heavy (non-hydrogen) atoms. The van der Waals surface area contributed by atoms with Crippen LogP contribution in [0.25, 0.3) is 0 Å². The molecule has 1 heterocycles. The summed E-state index contributed by atoms with van der Waals surface area (Å²) >= 11 is 0. The Labute approximate surface area is 289 Å². The molecular weight excluding hydrogens is 635 g/mol. The molecule has 0 saturated carbocycles. The van der Waals surface area contributed by atoms with Crippen molar-refractivity contribution in [1.29, 1.82) is 0 Å². The number of pyridine rings is 1. The largest absolute Gasteiger partial charge is 0.465 e. The van der Waals surface area contributed by atoms with E-state index in [4.69, 9.17) is 9.16 Å². The van der Waals surface area contributed by atoms with E-state index in [2.05, 4.69) is 44.2 Å². The summed E-state index contributed by atoms with van der Waals surface area (Å²) in [7, 11) is -2.37. The third kappa shape index (κ3) is 11.0. The van der Waals surface area contributed by atoms with E-state index in [0.29, 0.717) is 5.56 Å². The van der Waals surface area contributed by atoms with E-state index in [-0.39, 0.29) is 36.2 Å². The van der Waals surface area contributed by atoms with Gasteiger partial charge >= 0.3 is 12.2 Å². The number of allylic oxidation sites excluding steroid dienone is 1. The second kappa shape index (κ2) is 16.9. The zero-order chi connectivity index (χ0) is 35.4. The maximum atomic E-state index is 13.3. The highest BCUT2D eigenvalue weighted by Crippen LogP contribution is 2.40. The summed E-state index contributed by atoms with van der Waals surface area (Å²) in [5, 5.41) is 12.6. The van der Waals surface area contributed by atoms with Crippen molar-refractivity contribution in [1.82, 2.24) is 10.3 Å². The molecular formula is C39H45N3O6Si. The van der Waals surface area contributed by atoms with Crippen molar-refractivity contribution in [2.75, 3.05) is 4.90 Å². The number of ether oxygens (including phenoxy) is 1. The van der Waals surface area contributed by atoms with Crippen LogP contribution in [-0.4, -0.2) is 42.4 Å². The highest BCUT2D eigenvalue weighted by Gasteiger charge is 2.41. The zero-order valence-corrected chi connectivity index (χ0v) is 29.7. The number of hydrogen-bond donors (Lipinski definition) is 2. The first-order valence-corrected chi connectivity index (χ1v) is 19.1. The van der Waals surface area contributed by atoms with Crippen LogP contribution >= 0.6 is 0 Å². The number of ketones is 1. The highest BCUT2D eigenvalue weighted by molar-refractivity contribution is 6.74. The number of rotatable bonds is 14. The second-order valence-corrected chi connectivity index (χ2v) is 18.1. The van der Waals surface area contributed by atoms with Gasteiger partial charge in [0.2, 0.25) is 0 Å². The summed E-state index contributed by atoms with van der Waals surface area (Å²) in [5.41, 5.74) is 3.15. The number of anilines is 1. The molecule has 0 unspecified atom stereocenters. The van der Waals surface area contributed by atoms with E-state index in [1.807, 2.05) is 91.0 Å². The predicted molar refractivity (Wildman–Crippen MR) is 194 cm³/mol. The van der Waals surface area contributed by atoms with Crippen molar-refractivity contribution in [2.24, 2.45) is 0 Å². The van der Waals surface area contributed by atoms with Crippen LogP contribution in [0.4, 0.5) is 15.4 Å². The van der Waals surface area contributed by atoms with Crippen molar-refractivity contribution in [3.05, 3.63) is 144 Å². The van der Waals surface area contributed by atoms with Crippen LogP contribution in [0.15, 0.2) is 121 Å². The van der Waals surface area contributed by atoms with Gasteiger partial charge in [-0.1, -0.05) is 124 Å². The number of carboxylic acid groups (broad SMARTS) is 1. The molecule has 9 nitrogen and oxygen atoms in total. The molecule has 4 aromatic rings. The normalized spacial score (nSPS) is 13.0. The number of aromatic nitrogens is 1. The fourth-order valence-electron chi connectivity index (χ4n) is 4.78. The predicted octanol–water partition coefficient (Wildman–Crippen LogP) is 8.49. The summed E-state index contributed by atoms with van der Waals surface area (Å²) in [6.07, 6.45) is 2.28. The van der Waals surface area contributed by atoms with Gasteiger partial charge in [-0.05, 0) is 52.5 Å². The lowest BCUT2D eigenvalue weighted by molar-refractivity contribution is -0.114. The first-order chi connectivity index (χ1) is 23.3. The van der Waals surface area contributed by atoms with Crippen LogP contribution in [0.2, 0.25) is 18.1 Å². The number of carbonyl (C=O) groups excluding carboxylic acids is 2. The van der Waals surface area contributed by atoms with E-state index in [1.54, 1.807) is 18.2 Å². The topological polar surface area (TPSA) is 118 Å². The number of nitrogens with zero attached hydrogens (tertiary/aromatic N) is 2. The molecule has 10 heteroatoms. The maximum Gasteiger partial charge on any atom is 0.413 e. The van der Waals surface area contributed by atoms with Crippen molar-refractivity contribution < 1.29 is 28.7 Å². The Bertz CT molecular complexity index is 1690. The summed E-state index contributed by atoms with van der Waals surface area (Å²) in [5.74, 6) is 0.0346. The zero-order valence-electron chi connectivity index (χ0n) is 28.7. The average Bonchev–Trinajstić information content (AvgIpc) is 3.08. The van der Waals surface area contributed by atoms with E-state index in [0.717, 1.165) is 21.6 Å². The molecule has 0 aliphatic heterocycles. The van der Waals surface area contributed by atoms with Crippen LogP contribution in [0.1, 0.15) is 49.1 Å². The Hall–Kier alpha value is -5.06. The van der Waals surface area contributed by atoms with Crippen LogP contribution in [0, 0.1) is 0 Å². The molecule has 4 rings (SSSR count). The molecule has 0 bridgehead atoms. The Morgan fingerprint density at radius 2 is 1.45 bits per heavy atom. The lowest BCUT2D eigenvalue weighted by Crippen LogP contribution is -2.47. The molecule has 0 fully saturated rings. The van der Waals surface area contributed by atoms with Gasteiger partial charge in [0.05, 0.1) is 18.7 Å². The van der Waals surface area contributed by atoms with Crippen LogP contribution in [-0.2, 0) is 33.5 Å². The highest BCUT2D eigenvalue weighted by atomic mass is 28.4. The number of carbonyl (C=O) groups is 3. The van der Waals surface area contributed by atoms with Gasteiger partial charge in [-0.3, -0.25) is 9.69 Å². The molecule has 0 aliphatic rings. The molecule has 0 radical (unpaired) electrons. The van der Waals surface area contributed by atoms with Crippen molar-refractivity contribution >= 4 is 32.1 Å². The van der Waals surface area contributed by atoms with Crippen molar-refractivity contribution in [2.45, 2.75) is 70.6 Å². The number of benzene rings is 3. The minimum Gasteiger partial charge on any atom is -0.465 e. The van der Waals surface area contributed by atoms with Crippen molar-refractivity contribution in [3.8, 4) is 0 Å². The Morgan fingerprint density at radius 1 is 0.857 bits per heavy atom. The van der Waals surface area contributed by atoms with E-state index >= 15 is 0 Å². The van der Waals surface area contributed by atoms with E-state index in [9.17, 15) is 19.5 Å². The van der Waals surface area contributed by atoms with Gasteiger partial charge in [0, 0.05) is 12.6 Å². The Morgan fingerprint density at radius 3 is 2.00 bits per heavy atom. The first-order valence-electron chi connectivity index (χ1n) is 16.2. The summed E-state index contributed by atoms with van der Waals surface area (Å²) in [6, 6.07) is 30.9. The quantitative estimate of drug-likeness (QED) is 0.101. The van der Waals surface area contributed by atoms with Gasteiger partial charge in [-0.15, -0.1) is 0 Å². The van der Waals surface area contributed by atoms with Crippen molar-refractivity contribution in [3.63, 3.8) is 0 Å². The fourth-order valence-corrected chi connectivity index (χ4v) is 6.05. The third-order valence-electron chi connectivity index (χ3n) is 8.55. The Kier molecular flexibility index (Phi) is 12.6. The lowest BCUT2D eigenvalue weighted by atomic mass is 10.0. The third-order valence-corrected chi connectivity index (χ3v) is 13.0. The molecule has 0 aliphatic carbocycles. The van der Waals surface area contributed by atoms with Gasteiger partial charge in [0.1, 0.15) is 12.4 Å². The fraction of sp³-hybridized carbons (Fsp3) is 0.282. The monoisotopic (exact) mass is 679 g/mol. The molecule has 2 N–H and O–H groups in total. The Balaban J connectivity index is 1.54. The van der Waals surface area contributed by atoms with Gasteiger partial charge in [0.25, 0.3) is 0 Å². The van der Waals surface area contributed by atoms with Crippen LogP contribution in [0.5, 0.6) is 0 Å². The van der Waals surface area contributed by atoms with Crippen LogP contribution in [0.3, 0.4) is 0 Å². The minimum atomic E-state index is -2.37. The SMILES string of the molecule is CC(C)(C)[Si](C)(C)O[C@H](c1ccccc1)[C@@H](/C=C/C(=O)Cc1ccc(N(Cc2ccccc2)C(=O)O)nc1)NC(=O)OCc1ccccc1.